The molecule has 11 rings (SSSR count). The van der Waals surface area contributed by atoms with Gasteiger partial charge in [-0.2, -0.15) is 0 Å². The Balaban J connectivity index is 0.887. The van der Waals surface area contributed by atoms with Gasteiger partial charge >= 0.3 is 0 Å². The van der Waals surface area contributed by atoms with Crippen LogP contribution in [0.2, 0.25) is 0 Å². The van der Waals surface area contributed by atoms with Crippen molar-refractivity contribution in [1.29, 1.82) is 0 Å². The van der Waals surface area contributed by atoms with Crippen molar-refractivity contribution in [3.8, 4) is 33.4 Å². The molecule has 1 heteroatoms. The minimum Gasteiger partial charge on any atom is -0.311 e. The van der Waals surface area contributed by atoms with E-state index in [4.69, 9.17) is 0 Å². The molecule has 0 bridgehead atoms. The molecule has 0 spiro atoms. The zero-order chi connectivity index (χ0) is 37.7. The summed E-state index contributed by atoms with van der Waals surface area (Å²) >= 11 is 0. The van der Waals surface area contributed by atoms with Crippen molar-refractivity contribution in [3.63, 3.8) is 0 Å². The number of hydrogen-bond donors (Lipinski definition) is 0. The maximum atomic E-state index is 2.36. The fourth-order valence-electron chi connectivity index (χ4n) is 8.72. The van der Waals surface area contributed by atoms with Gasteiger partial charge in [0.1, 0.15) is 0 Å². The maximum absolute atomic E-state index is 2.36. The van der Waals surface area contributed by atoms with Gasteiger partial charge in [0.05, 0.1) is 0 Å². The summed E-state index contributed by atoms with van der Waals surface area (Å²) < 4.78 is 0. The molecule has 266 valence electrons. The van der Waals surface area contributed by atoms with Gasteiger partial charge in [-0.25, -0.2) is 0 Å². The maximum Gasteiger partial charge on any atom is 0.0462 e. The van der Waals surface area contributed by atoms with Crippen LogP contribution in [0.5, 0.6) is 0 Å². The number of fused-ring (bicyclic) bond motifs is 7. The topological polar surface area (TPSA) is 3.24 Å². The largest absolute Gasteiger partial charge is 0.311 e. The van der Waals surface area contributed by atoms with Gasteiger partial charge in [-0.1, -0.05) is 158 Å². The SMILES string of the molecule is c1ccc(N(c2ccccc2)c2ccc(-c3ccc4cc(-c5ccc6c(ccc7cc(-c8cc9ccccc9c9ccccc89)ccc76)c5)ccc4c3)cc2)cc1. The summed E-state index contributed by atoms with van der Waals surface area (Å²) in [6.45, 7) is 0. The van der Waals surface area contributed by atoms with Crippen molar-refractivity contribution in [2.24, 2.45) is 0 Å². The third-order valence-electron chi connectivity index (χ3n) is 11.6. The Kier molecular flexibility index (Phi) is 7.89. The minimum absolute atomic E-state index is 1.13. The van der Waals surface area contributed by atoms with Crippen LogP contribution in [0.25, 0.3) is 87.2 Å². The Bertz CT molecular complexity index is 3230. The van der Waals surface area contributed by atoms with Gasteiger partial charge in [0.2, 0.25) is 0 Å². The van der Waals surface area contributed by atoms with E-state index in [0.717, 1.165) is 17.1 Å². The summed E-state index contributed by atoms with van der Waals surface area (Å²) in [5, 5.41) is 12.7. The normalized spacial score (nSPS) is 11.5. The van der Waals surface area contributed by atoms with Crippen molar-refractivity contribution in [2.45, 2.75) is 0 Å². The third kappa shape index (κ3) is 5.89. The highest BCUT2D eigenvalue weighted by Gasteiger charge is 2.14. The molecule has 0 saturated heterocycles. The molecule has 0 unspecified atom stereocenters. The second kappa shape index (κ2) is 13.7. The van der Waals surface area contributed by atoms with E-state index in [0.29, 0.717) is 0 Å². The number of anilines is 3. The first-order valence-corrected chi connectivity index (χ1v) is 19.7. The van der Waals surface area contributed by atoms with Crippen molar-refractivity contribution < 1.29 is 0 Å². The molecular weight excluding hydrogens is 687 g/mol. The fraction of sp³-hybridized carbons (Fsp3) is 0. The van der Waals surface area contributed by atoms with E-state index in [1.807, 2.05) is 0 Å². The van der Waals surface area contributed by atoms with E-state index in [1.54, 1.807) is 0 Å². The summed E-state index contributed by atoms with van der Waals surface area (Å²) in [5.41, 5.74) is 10.8. The molecule has 0 amide bonds. The van der Waals surface area contributed by atoms with E-state index in [-0.39, 0.29) is 0 Å². The number of hydrogen-bond acceptors (Lipinski definition) is 1. The zero-order valence-corrected chi connectivity index (χ0v) is 31.3. The summed E-state index contributed by atoms with van der Waals surface area (Å²) in [7, 11) is 0. The van der Waals surface area contributed by atoms with Crippen LogP contribution < -0.4 is 4.90 Å². The van der Waals surface area contributed by atoms with Gasteiger partial charge < -0.3 is 4.90 Å². The molecule has 0 radical (unpaired) electrons. The molecule has 0 atom stereocenters. The van der Waals surface area contributed by atoms with E-state index < -0.39 is 0 Å². The summed E-state index contributed by atoms with van der Waals surface area (Å²) in [4.78, 5) is 2.30. The van der Waals surface area contributed by atoms with Crippen LogP contribution >= 0.6 is 0 Å². The lowest BCUT2D eigenvalue weighted by atomic mass is 9.91. The Morgan fingerprint density at radius 2 is 0.596 bits per heavy atom. The molecular formula is C56H37N. The highest BCUT2D eigenvalue weighted by molar-refractivity contribution is 6.15. The lowest BCUT2D eigenvalue weighted by Crippen LogP contribution is -2.09. The van der Waals surface area contributed by atoms with Crippen LogP contribution in [0.1, 0.15) is 0 Å². The van der Waals surface area contributed by atoms with E-state index in [9.17, 15) is 0 Å². The minimum atomic E-state index is 1.13. The number of nitrogens with zero attached hydrogens (tertiary/aromatic N) is 1. The fourth-order valence-corrected chi connectivity index (χ4v) is 8.72. The zero-order valence-electron chi connectivity index (χ0n) is 31.3. The predicted molar refractivity (Wildman–Crippen MR) is 245 cm³/mol. The Morgan fingerprint density at radius 1 is 0.211 bits per heavy atom. The summed E-state index contributed by atoms with van der Waals surface area (Å²) in [5.74, 6) is 0. The average molecular weight is 724 g/mol. The highest BCUT2D eigenvalue weighted by atomic mass is 15.1. The van der Waals surface area contributed by atoms with Crippen LogP contribution in [-0.4, -0.2) is 0 Å². The first-order chi connectivity index (χ1) is 28.2. The number of rotatable bonds is 6. The molecule has 0 heterocycles. The Hall–Kier alpha value is -7.48. The van der Waals surface area contributed by atoms with Gasteiger partial charge in [-0.15, -0.1) is 0 Å². The lowest BCUT2D eigenvalue weighted by molar-refractivity contribution is 1.28. The van der Waals surface area contributed by atoms with Crippen molar-refractivity contribution in [1.82, 2.24) is 0 Å². The van der Waals surface area contributed by atoms with Crippen LogP contribution in [0.3, 0.4) is 0 Å². The molecule has 0 saturated carbocycles. The van der Waals surface area contributed by atoms with Gasteiger partial charge in [0.25, 0.3) is 0 Å². The van der Waals surface area contributed by atoms with Crippen LogP contribution in [0, 0.1) is 0 Å². The van der Waals surface area contributed by atoms with Gasteiger partial charge in [0.15, 0.2) is 0 Å². The Morgan fingerprint density at radius 3 is 1.23 bits per heavy atom. The van der Waals surface area contributed by atoms with Gasteiger partial charge in [-0.3, -0.25) is 0 Å². The number of para-hydroxylation sites is 2. The summed E-state index contributed by atoms with van der Waals surface area (Å²) in [6, 6.07) is 81.9. The molecule has 0 aromatic heterocycles. The summed E-state index contributed by atoms with van der Waals surface area (Å²) in [6.07, 6.45) is 0. The van der Waals surface area contributed by atoms with Gasteiger partial charge in [-0.05, 0) is 154 Å². The predicted octanol–water partition coefficient (Wildman–Crippen LogP) is 15.9. The Labute approximate surface area is 332 Å². The standard InChI is InChI=1S/C56H37N/c1-3-12-48(13-4-1)57(49-14-5-2-6-15-49)50-29-25-38(26-30-50)39-19-20-41-34-42(22-21-40(41)33-39)43-27-31-52-45(35-43)23-24-46-36-47(28-32-53(46)52)56-37-44-11-7-8-16-51(44)54-17-9-10-18-55(54)56/h1-37H. The van der Waals surface area contributed by atoms with Crippen molar-refractivity contribution >= 4 is 70.9 Å². The van der Waals surface area contributed by atoms with Crippen molar-refractivity contribution in [3.05, 3.63) is 224 Å². The van der Waals surface area contributed by atoms with Crippen LogP contribution in [0.4, 0.5) is 17.1 Å². The molecule has 57 heavy (non-hydrogen) atoms. The van der Waals surface area contributed by atoms with E-state index >= 15 is 0 Å². The molecule has 11 aromatic rings. The second-order valence-electron chi connectivity index (χ2n) is 15.0. The third-order valence-corrected chi connectivity index (χ3v) is 11.6. The molecule has 0 N–H and O–H groups in total. The highest BCUT2D eigenvalue weighted by Crippen LogP contribution is 2.39. The average Bonchev–Trinajstić information content (AvgIpc) is 3.29. The molecule has 0 aliphatic rings. The number of benzene rings is 11. The first-order valence-electron chi connectivity index (χ1n) is 19.7. The molecule has 1 nitrogen and oxygen atoms in total. The van der Waals surface area contributed by atoms with Crippen LogP contribution in [0.15, 0.2) is 224 Å². The molecule has 0 aliphatic carbocycles. The lowest BCUT2D eigenvalue weighted by Gasteiger charge is -2.25. The first kappa shape index (κ1) is 32.9. The van der Waals surface area contributed by atoms with E-state index in [2.05, 4.69) is 229 Å². The second-order valence-corrected chi connectivity index (χ2v) is 15.0. The molecule has 11 aromatic carbocycles. The van der Waals surface area contributed by atoms with Crippen molar-refractivity contribution in [2.75, 3.05) is 4.90 Å². The van der Waals surface area contributed by atoms with E-state index in [1.165, 1.54) is 87.2 Å². The van der Waals surface area contributed by atoms with Gasteiger partial charge in [0, 0.05) is 17.1 Å². The monoisotopic (exact) mass is 723 g/mol. The molecule has 0 aliphatic heterocycles. The smallest absolute Gasteiger partial charge is 0.0462 e. The quantitative estimate of drug-likeness (QED) is 0.154. The van der Waals surface area contributed by atoms with Crippen LogP contribution in [-0.2, 0) is 0 Å². The molecule has 0 fully saturated rings.